The third-order valence-corrected chi connectivity index (χ3v) is 10.4. The van der Waals surface area contributed by atoms with Crippen LogP contribution in [-0.4, -0.2) is 38.1 Å². The number of aliphatic hydroxyl groups is 2. The molecule has 4 aliphatic carbocycles. The van der Waals surface area contributed by atoms with E-state index in [1.165, 1.54) is 12.8 Å². The molecule has 6 heteroatoms. The van der Waals surface area contributed by atoms with E-state index in [0.29, 0.717) is 35.0 Å². The van der Waals surface area contributed by atoms with Gasteiger partial charge in [0.15, 0.2) is 0 Å². The maximum absolute atomic E-state index is 12.2. The number of H-pyrrole nitrogens is 1. The standard InChI is InChI=1S/C25H40N4O2/c1-23-10-8-19(30)16-18(23)5-6-21-20(23)9-11-24(2)17(7-12-25(21,24)31)4-3-13-28-29-22-26-14-15-27-22/h13-15,17-21,30-31H,3-12,16H2,1-2H3,(H2,26,27,29)/b28-13+/t17-,18+,19-,20-,21+,23-,24+,25-/m0/s1. The Morgan fingerprint density at radius 2 is 2.03 bits per heavy atom. The highest BCUT2D eigenvalue weighted by Gasteiger charge is 2.66. The van der Waals surface area contributed by atoms with Gasteiger partial charge in [-0.25, -0.2) is 10.4 Å². The molecule has 4 saturated carbocycles. The molecular weight excluding hydrogens is 388 g/mol. The predicted molar refractivity (Wildman–Crippen MR) is 123 cm³/mol. The Kier molecular flexibility index (Phi) is 5.45. The molecular formula is C25H40N4O2. The molecule has 1 aromatic rings. The topological polar surface area (TPSA) is 93.5 Å². The fourth-order valence-electron chi connectivity index (χ4n) is 8.55. The van der Waals surface area contributed by atoms with E-state index in [1.807, 2.05) is 6.21 Å². The van der Waals surface area contributed by atoms with Gasteiger partial charge >= 0.3 is 0 Å². The molecule has 0 bridgehead atoms. The zero-order chi connectivity index (χ0) is 21.7. The number of nitrogens with zero attached hydrogens (tertiary/aromatic N) is 2. The molecule has 31 heavy (non-hydrogen) atoms. The van der Waals surface area contributed by atoms with Crippen LogP contribution in [0.25, 0.3) is 0 Å². The van der Waals surface area contributed by atoms with Crippen molar-refractivity contribution in [3.05, 3.63) is 12.4 Å². The maximum atomic E-state index is 12.2. The van der Waals surface area contributed by atoms with Gasteiger partial charge < -0.3 is 15.2 Å². The maximum Gasteiger partial charge on any atom is 0.220 e. The van der Waals surface area contributed by atoms with Gasteiger partial charge in [-0.1, -0.05) is 13.8 Å². The fourth-order valence-corrected chi connectivity index (χ4v) is 8.55. The molecule has 0 saturated heterocycles. The van der Waals surface area contributed by atoms with E-state index in [4.69, 9.17) is 0 Å². The Morgan fingerprint density at radius 1 is 1.16 bits per heavy atom. The number of anilines is 1. The average Bonchev–Trinajstić information content (AvgIpc) is 3.35. The first-order chi connectivity index (χ1) is 14.9. The second kappa shape index (κ2) is 7.87. The number of hydrogen-bond donors (Lipinski definition) is 4. The number of hydrazone groups is 1. The summed E-state index contributed by atoms with van der Waals surface area (Å²) in [5.74, 6) is 2.92. The summed E-state index contributed by atoms with van der Waals surface area (Å²) in [4.78, 5) is 7.10. The van der Waals surface area contributed by atoms with Gasteiger partial charge in [0.05, 0.1) is 11.7 Å². The van der Waals surface area contributed by atoms with Crippen LogP contribution in [0.4, 0.5) is 5.95 Å². The van der Waals surface area contributed by atoms with Crippen molar-refractivity contribution in [3.63, 3.8) is 0 Å². The summed E-state index contributed by atoms with van der Waals surface area (Å²) in [7, 11) is 0. The largest absolute Gasteiger partial charge is 0.393 e. The van der Waals surface area contributed by atoms with Crippen LogP contribution in [0.2, 0.25) is 0 Å². The molecule has 0 unspecified atom stereocenters. The van der Waals surface area contributed by atoms with E-state index in [1.54, 1.807) is 12.4 Å². The Bertz CT molecular complexity index is 797. The summed E-state index contributed by atoms with van der Waals surface area (Å²) in [6, 6.07) is 0. The van der Waals surface area contributed by atoms with Crippen molar-refractivity contribution in [1.82, 2.24) is 9.97 Å². The van der Waals surface area contributed by atoms with Gasteiger partial charge in [-0.15, -0.1) is 0 Å². The van der Waals surface area contributed by atoms with Gasteiger partial charge in [-0.05, 0) is 105 Å². The molecule has 6 nitrogen and oxygen atoms in total. The monoisotopic (exact) mass is 428 g/mol. The van der Waals surface area contributed by atoms with Gasteiger partial charge in [0.25, 0.3) is 0 Å². The summed E-state index contributed by atoms with van der Waals surface area (Å²) < 4.78 is 0. The first kappa shape index (κ1) is 21.4. The number of rotatable bonds is 5. The van der Waals surface area contributed by atoms with Gasteiger partial charge in [0.1, 0.15) is 0 Å². The number of nitrogens with one attached hydrogen (secondary N) is 2. The van der Waals surface area contributed by atoms with Crippen molar-refractivity contribution < 1.29 is 10.2 Å². The van der Waals surface area contributed by atoms with E-state index >= 15 is 0 Å². The van der Waals surface area contributed by atoms with Gasteiger partial charge in [0.2, 0.25) is 5.95 Å². The third kappa shape index (κ3) is 3.36. The van der Waals surface area contributed by atoms with Crippen LogP contribution in [0.3, 0.4) is 0 Å². The first-order valence-corrected chi connectivity index (χ1v) is 12.5. The minimum Gasteiger partial charge on any atom is -0.393 e. The highest BCUT2D eigenvalue weighted by molar-refractivity contribution is 5.58. The van der Waals surface area contributed by atoms with E-state index in [9.17, 15) is 10.2 Å². The molecule has 172 valence electrons. The molecule has 1 heterocycles. The molecule has 0 radical (unpaired) electrons. The lowest BCUT2D eigenvalue weighted by atomic mass is 9.43. The van der Waals surface area contributed by atoms with Crippen LogP contribution < -0.4 is 5.43 Å². The molecule has 0 aromatic carbocycles. The molecule has 8 atom stereocenters. The lowest BCUT2D eigenvalue weighted by Crippen LogP contribution is -2.62. The highest BCUT2D eigenvalue weighted by atomic mass is 16.3. The van der Waals surface area contributed by atoms with Gasteiger partial charge in [-0.2, -0.15) is 5.10 Å². The molecule has 4 fully saturated rings. The van der Waals surface area contributed by atoms with Crippen LogP contribution in [0, 0.1) is 34.5 Å². The average molecular weight is 429 g/mol. The second-order valence-corrected chi connectivity index (χ2v) is 11.5. The van der Waals surface area contributed by atoms with Crippen molar-refractivity contribution in [2.24, 2.45) is 39.6 Å². The SMILES string of the molecule is C[C@]12CC[C@H](O)C[C@H]1CC[C@@H]1[C@@H]2CC[C@]2(C)[C@@H](CC/C=N/Nc3ncc[nH]3)CC[C@]12O. The molecule has 4 N–H and O–H groups in total. The van der Waals surface area contributed by atoms with E-state index in [0.717, 1.165) is 57.8 Å². The smallest absolute Gasteiger partial charge is 0.220 e. The van der Waals surface area contributed by atoms with E-state index in [-0.39, 0.29) is 11.5 Å². The minimum absolute atomic E-state index is 0.0217. The zero-order valence-corrected chi connectivity index (χ0v) is 19.2. The van der Waals surface area contributed by atoms with Crippen molar-refractivity contribution in [2.45, 2.75) is 96.2 Å². The number of hydrogen-bond acceptors (Lipinski definition) is 5. The van der Waals surface area contributed by atoms with Gasteiger partial charge in [0, 0.05) is 18.6 Å². The predicted octanol–water partition coefficient (Wildman–Crippen LogP) is 4.72. The summed E-state index contributed by atoms with van der Waals surface area (Å²) >= 11 is 0. The Hall–Kier alpha value is -1.40. The fraction of sp³-hybridized carbons (Fsp3) is 0.840. The number of imidazole rings is 1. The lowest BCUT2D eigenvalue weighted by Gasteiger charge is -2.63. The molecule has 0 aliphatic heterocycles. The quantitative estimate of drug-likeness (QED) is 0.403. The second-order valence-electron chi connectivity index (χ2n) is 11.5. The molecule has 5 rings (SSSR count). The van der Waals surface area contributed by atoms with Crippen LogP contribution >= 0.6 is 0 Å². The van der Waals surface area contributed by atoms with Crippen LogP contribution in [0.5, 0.6) is 0 Å². The van der Waals surface area contributed by atoms with Crippen molar-refractivity contribution >= 4 is 12.2 Å². The summed E-state index contributed by atoms with van der Waals surface area (Å²) in [5, 5.41) is 26.7. The summed E-state index contributed by atoms with van der Waals surface area (Å²) in [6.45, 7) is 4.87. The summed E-state index contributed by atoms with van der Waals surface area (Å²) in [6.07, 6.45) is 17.2. The number of aromatic amines is 1. The lowest BCUT2D eigenvalue weighted by molar-refractivity contribution is -0.210. The molecule has 4 aliphatic rings. The number of aromatic nitrogens is 2. The van der Waals surface area contributed by atoms with Crippen LogP contribution in [-0.2, 0) is 0 Å². The molecule has 0 amide bonds. The van der Waals surface area contributed by atoms with Crippen molar-refractivity contribution in [1.29, 1.82) is 0 Å². The van der Waals surface area contributed by atoms with E-state index < -0.39 is 5.60 Å². The molecule has 1 aromatic heterocycles. The van der Waals surface area contributed by atoms with Crippen LogP contribution in [0.15, 0.2) is 17.5 Å². The first-order valence-electron chi connectivity index (χ1n) is 12.5. The van der Waals surface area contributed by atoms with E-state index in [2.05, 4.69) is 34.3 Å². The van der Waals surface area contributed by atoms with Crippen molar-refractivity contribution in [3.8, 4) is 0 Å². The molecule has 0 spiro atoms. The number of fused-ring (bicyclic) bond motifs is 5. The highest BCUT2D eigenvalue weighted by Crippen LogP contribution is 2.69. The minimum atomic E-state index is -0.520. The Balaban J connectivity index is 1.26. The Morgan fingerprint density at radius 3 is 2.84 bits per heavy atom. The van der Waals surface area contributed by atoms with Crippen molar-refractivity contribution in [2.75, 3.05) is 5.43 Å². The van der Waals surface area contributed by atoms with Crippen LogP contribution in [0.1, 0.15) is 84.5 Å². The normalized spacial score (nSPS) is 47.0. The Labute approximate surface area is 186 Å². The summed E-state index contributed by atoms with van der Waals surface area (Å²) in [5.41, 5.74) is 2.74. The van der Waals surface area contributed by atoms with Gasteiger partial charge in [-0.3, -0.25) is 0 Å². The number of aliphatic hydroxyl groups excluding tert-OH is 1. The third-order valence-electron chi connectivity index (χ3n) is 10.4. The zero-order valence-electron chi connectivity index (χ0n) is 19.2.